The van der Waals surface area contributed by atoms with E-state index in [9.17, 15) is 4.39 Å². The fraction of sp³-hybridized carbons (Fsp3) is 0.111. The second-order valence-corrected chi connectivity index (χ2v) is 8.36. The lowest BCUT2D eigenvalue weighted by Crippen LogP contribution is -2.07. The Hall–Kier alpha value is -3.99. The van der Waals surface area contributed by atoms with E-state index in [1.807, 2.05) is 42.5 Å². The minimum absolute atomic E-state index is 0.202. The van der Waals surface area contributed by atoms with Crippen molar-refractivity contribution in [3.63, 3.8) is 0 Å². The average molecular weight is 420 g/mol. The third kappa shape index (κ3) is 3.05. The molecule has 156 valence electrons. The van der Waals surface area contributed by atoms with E-state index in [4.69, 9.17) is 0 Å². The van der Waals surface area contributed by atoms with Crippen molar-refractivity contribution in [3.8, 4) is 22.6 Å². The Bertz CT molecular complexity index is 1480. The molecule has 3 aromatic heterocycles. The van der Waals surface area contributed by atoms with Crippen LogP contribution in [0.3, 0.4) is 0 Å². The topological polar surface area (TPSA) is 57.4 Å². The molecule has 2 aromatic carbocycles. The van der Waals surface area contributed by atoms with Gasteiger partial charge in [0.2, 0.25) is 0 Å². The molecule has 0 bridgehead atoms. The lowest BCUT2D eigenvalue weighted by molar-refractivity contribution is 0.622. The van der Waals surface area contributed by atoms with Crippen molar-refractivity contribution >= 4 is 16.5 Å². The van der Waals surface area contributed by atoms with Gasteiger partial charge in [-0.2, -0.15) is 5.10 Å². The fourth-order valence-corrected chi connectivity index (χ4v) is 4.61. The van der Waals surface area contributed by atoms with E-state index >= 15 is 0 Å². The van der Waals surface area contributed by atoms with Crippen LogP contribution < -0.4 is 0 Å². The second-order valence-electron chi connectivity index (χ2n) is 8.36. The van der Waals surface area contributed by atoms with Gasteiger partial charge in [0, 0.05) is 34.0 Å². The predicted octanol–water partition coefficient (Wildman–Crippen LogP) is 6.38. The van der Waals surface area contributed by atoms with Crippen LogP contribution in [0.1, 0.15) is 23.7 Å². The minimum atomic E-state index is -0.202. The lowest BCUT2D eigenvalue weighted by atomic mass is 9.86. The van der Waals surface area contributed by atoms with Crippen molar-refractivity contribution < 1.29 is 4.39 Å². The molecule has 1 aliphatic rings. The number of hydrogen-bond acceptors (Lipinski definition) is 2. The zero-order valence-corrected chi connectivity index (χ0v) is 17.6. The van der Waals surface area contributed by atoms with Gasteiger partial charge in [0.25, 0.3) is 0 Å². The smallest absolute Gasteiger partial charge is 0.131 e. The lowest BCUT2D eigenvalue weighted by Gasteiger charge is -2.19. The van der Waals surface area contributed by atoms with E-state index in [0.717, 1.165) is 56.8 Å². The summed E-state index contributed by atoms with van der Waals surface area (Å²) in [6.07, 6.45) is 4.85. The molecular formula is C27H21FN4. The summed E-state index contributed by atoms with van der Waals surface area (Å²) in [6, 6.07) is 21.2. The number of nitrogens with one attached hydrogen (secondary N) is 2. The normalized spacial score (nSPS) is 15.6. The summed E-state index contributed by atoms with van der Waals surface area (Å²) in [5.41, 5.74) is 8.44. The van der Waals surface area contributed by atoms with Crippen LogP contribution in [-0.2, 0) is 6.42 Å². The van der Waals surface area contributed by atoms with Crippen molar-refractivity contribution in [2.75, 3.05) is 0 Å². The van der Waals surface area contributed by atoms with Gasteiger partial charge in [0.1, 0.15) is 11.5 Å². The van der Waals surface area contributed by atoms with Crippen LogP contribution in [0.4, 0.5) is 4.39 Å². The van der Waals surface area contributed by atoms with Crippen LogP contribution in [0, 0.1) is 11.7 Å². The Morgan fingerprint density at radius 1 is 0.969 bits per heavy atom. The van der Waals surface area contributed by atoms with E-state index in [1.54, 1.807) is 12.3 Å². The molecule has 5 heteroatoms. The van der Waals surface area contributed by atoms with E-state index in [2.05, 4.69) is 45.3 Å². The molecule has 0 fully saturated rings. The predicted molar refractivity (Wildman–Crippen MR) is 125 cm³/mol. The Kier molecular flexibility index (Phi) is 4.28. The summed E-state index contributed by atoms with van der Waals surface area (Å²) >= 11 is 0. The molecule has 5 aromatic rings. The van der Waals surface area contributed by atoms with Crippen LogP contribution in [0.15, 0.2) is 79.0 Å². The molecule has 0 aliphatic heterocycles. The maximum absolute atomic E-state index is 14.6. The van der Waals surface area contributed by atoms with Crippen molar-refractivity contribution in [3.05, 3.63) is 102 Å². The third-order valence-electron chi connectivity index (χ3n) is 6.11. The van der Waals surface area contributed by atoms with Gasteiger partial charge in [-0.3, -0.25) is 10.1 Å². The van der Waals surface area contributed by atoms with E-state index < -0.39 is 0 Å². The summed E-state index contributed by atoms with van der Waals surface area (Å²) in [7, 11) is 0. The summed E-state index contributed by atoms with van der Waals surface area (Å²) in [6.45, 7) is 2.16. The largest absolute Gasteiger partial charge is 0.357 e. The molecule has 3 heterocycles. The standard InChI is InChI=1S/C27H21FN4/c1-16-12-19(18-6-2-3-7-22(18)28)20-15-26(30-25(20)13-16)27-21-14-17(9-10-24(21)31-32-27)23-8-4-5-11-29-23/h2-12,14-16,30H,13H2,1H3,(H,31,32). The summed E-state index contributed by atoms with van der Waals surface area (Å²) in [5, 5.41) is 8.77. The monoisotopic (exact) mass is 420 g/mol. The number of rotatable bonds is 3. The first-order valence-corrected chi connectivity index (χ1v) is 10.8. The Morgan fingerprint density at radius 3 is 2.69 bits per heavy atom. The maximum Gasteiger partial charge on any atom is 0.131 e. The zero-order valence-electron chi connectivity index (χ0n) is 17.6. The summed E-state index contributed by atoms with van der Waals surface area (Å²) in [4.78, 5) is 8.05. The van der Waals surface area contributed by atoms with E-state index in [0.29, 0.717) is 11.5 Å². The average Bonchev–Trinajstić information content (AvgIpc) is 3.43. The van der Waals surface area contributed by atoms with Crippen LogP contribution in [-0.4, -0.2) is 20.2 Å². The zero-order chi connectivity index (χ0) is 21.7. The number of aromatic amines is 2. The Balaban J connectivity index is 1.48. The van der Waals surface area contributed by atoms with Crippen LogP contribution in [0.2, 0.25) is 0 Å². The van der Waals surface area contributed by atoms with Crippen molar-refractivity contribution in [1.82, 2.24) is 20.2 Å². The highest BCUT2D eigenvalue weighted by Crippen LogP contribution is 2.38. The summed E-state index contributed by atoms with van der Waals surface area (Å²) < 4.78 is 14.6. The van der Waals surface area contributed by atoms with Gasteiger partial charge >= 0.3 is 0 Å². The number of halogens is 1. The molecule has 2 N–H and O–H groups in total. The number of nitrogens with zero attached hydrogens (tertiary/aromatic N) is 2. The molecule has 0 spiro atoms. The molecular weight excluding hydrogens is 399 g/mol. The second kappa shape index (κ2) is 7.31. The Morgan fingerprint density at radius 2 is 1.84 bits per heavy atom. The molecule has 4 nitrogen and oxygen atoms in total. The van der Waals surface area contributed by atoms with E-state index in [1.165, 1.54) is 6.07 Å². The van der Waals surface area contributed by atoms with Gasteiger partial charge in [-0.15, -0.1) is 0 Å². The minimum Gasteiger partial charge on any atom is -0.357 e. The highest BCUT2D eigenvalue weighted by Gasteiger charge is 2.24. The molecule has 32 heavy (non-hydrogen) atoms. The van der Waals surface area contributed by atoms with Crippen molar-refractivity contribution in [2.24, 2.45) is 5.92 Å². The summed E-state index contributed by atoms with van der Waals surface area (Å²) in [5.74, 6) is 0.113. The molecule has 0 amide bonds. The maximum atomic E-state index is 14.6. The number of allylic oxidation sites excluding steroid dienone is 1. The van der Waals surface area contributed by atoms with Crippen LogP contribution in [0.25, 0.3) is 39.1 Å². The molecule has 0 saturated carbocycles. The number of hydrogen-bond donors (Lipinski definition) is 2. The quantitative estimate of drug-likeness (QED) is 0.356. The molecule has 1 aliphatic carbocycles. The first kappa shape index (κ1) is 18.8. The SMILES string of the molecule is CC1C=C(c2ccccc2F)c2cc(-c3n[nH]c4ccc(-c5ccccn5)cc34)[nH]c2C1. The van der Waals surface area contributed by atoms with Gasteiger partial charge in [0.15, 0.2) is 0 Å². The van der Waals surface area contributed by atoms with Gasteiger partial charge < -0.3 is 4.98 Å². The molecule has 1 unspecified atom stereocenters. The van der Waals surface area contributed by atoms with E-state index in [-0.39, 0.29) is 5.82 Å². The fourth-order valence-electron chi connectivity index (χ4n) is 4.61. The van der Waals surface area contributed by atoms with Gasteiger partial charge in [-0.05, 0) is 54.3 Å². The number of fused-ring (bicyclic) bond motifs is 2. The number of pyridine rings is 1. The first-order chi connectivity index (χ1) is 15.7. The van der Waals surface area contributed by atoms with Gasteiger partial charge in [-0.1, -0.05) is 43.3 Å². The number of benzene rings is 2. The van der Waals surface area contributed by atoms with Crippen molar-refractivity contribution in [2.45, 2.75) is 13.3 Å². The highest BCUT2D eigenvalue weighted by atomic mass is 19.1. The molecule has 6 rings (SSSR count). The number of H-pyrrole nitrogens is 2. The Labute approximate surface area is 184 Å². The molecule has 0 saturated heterocycles. The van der Waals surface area contributed by atoms with Crippen molar-refractivity contribution in [1.29, 1.82) is 0 Å². The molecule has 0 radical (unpaired) electrons. The number of aromatic nitrogens is 4. The van der Waals surface area contributed by atoms with Gasteiger partial charge in [-0.25, -0.2) is 4.39 Å². The first-order valence-electron chi connectivity index (χ1n) is 10.8. The highest BCUT2D eigenvalue weighted by molar-refractivity contribution is 5.96. The van der Waals surface area contributed by atoms with Crippen LogP contribution in [0.5, 0.6) is 0 Å². The van der Waals surface area contributed by atoms with Gasteiger partial charge in [0.05, 0.1) is 16.9 Å². The third-order valence-corrected chi connectivity index (χ3v) is 6.11. The molecule has 1 atom stereocenters. The van der Waals surface area contributed by atoms with Crippen LogP contribution >= 0.6 is 0 Å².